The highest BCUT2D eigenvalue weighted by Crippen LogP contribution is 2.30. The third kappa shape index (κ3) is 6.62. The fourth-order valence-corrected chi connectivity index (χ4v) is 5.91. The minimum Gasteiger partial charge on any atom is -0.497 e. The number of benzene rings is 3. The van der Waals surface area contributed by atoms with Gasteiger partial charge in [-0.3, -0.25) is 14.2 Å². The minimum absolute atomic E-state index is 0.0209. The van der Waals surface area contributed by atoms with E-state index in [-0.39, 0.29) is 17.9 Å². The lowest BCUT2D eigenvalue weighted by Crippen LogP contribution is -2.55. The van der Waals surface area contributed by atoms with Gasteiger partial charge in [-0.05, 0) is 56.7 Å². The molecule has 1 aliphatic heterocycles. The summed E-state index contributed by atoms with van der Waals surface area (Å²) in [6, 6.07) is 25.4. The van der Waals surface area contributed by atoms with Gasteiger partial charge in [0, 0.05) is 54.7 Å². The van der Waals surface area contributed by atoms with Gasteiger partial charge in [0.25, 0.3) is 5.91 Å². The maximum atomic E-state index is 13.0. The van der Waals surface area contributed by atoms with Crippen LogP contribution in [0.2, 0.25) is 0 Å². The molecule has 0 bridgehead atoms. The van der Waals surface area contributed by atoms with Crippen LogP contribution in [0.25, 0.3) is 17.1 Å². The van der Waals surface area contributed by atoms with E-state index in [9.17, 15) is 9.59 Å². The fourth-order valence-electron chi connectivity index (χ4n) is 5.02. The average molecular weight is 570 g/mol. The second-order valence-corrected chi connectivity index (χ2v) is 11.3. The van der Waals surface area contributed by atoms with Gasteiger partial charge in [0.1, 0.15) is 5.75 Å². The topological polar surface area (TPSA) is 80.6 Å². The highest BCUT2D eigenvalue weighted by atomic mass is 32.2. The van der Waals surface area contributed by atoms with Crippen molar-refractivity contribution in [2.45, 2.75) is 37.9 Å². The largest absolute Gasteiger partial charge is 0.497 e. The van der Waals surface area contributed by atoms with Crippen molar-refractivity contribution in [3.63, 3.8) is 0 Å². The van der Waals surface area contributed by atoms with Crippen LogP contribution in [0.4, 0.5) is 0 Å². The van der Waals surface area contributed by atoms with E-state index in [1.54, 1.807) is 18.9 Å². The molecule has 5 rings (SSSR count). The van der Waals surface area contributed by atoms with Crippen LogP contribution in [-0.2, 0) is 4.79 Å². The quantitative estimate of drug-likeness (QED) is 0.196. The Morgan fingerprint density at radius 2 is 1.76 bits per heavy atom. The summed E-state index contributed by atoms with van der Waals surface area (Å²) < 4.78 is 7.48. The molecule has 0 aliphatic carbocycles. The Morgan fingerprint density at radius 3 is 2.49 bits per heavy atom. The van der Waals surface area contributed by atoms with Gasteiger partial charge in [0.15, 0.2) is 11.0 Å². The first-order chi connectivity index (χ1) is 19.9. The molecule has 1 fully saturated rings. The molecule has 1 aliphatic rings. The summed E-state index contributed by atoms with van der Waals surface area (Å²) in [5.74, 6) is 2.38. The Hall–Kier alpha value is -4.11. The van der Waals surface area contributed by atoms with Crippen LogP contribution < -0.4 is 4.74 Å². The van der Waals surface area contributed by atoms with Crippen molar-refractivity contribution in [3.05, 3.63) is 90.0 Å². The first-order valence-electron chi connectivity index (χ1n) is 13.9. The Morgan fingerprint density at radius 1 is 0.976 bits per heavy atom. The molecule has 2 heterocycles. The summed E-state index contributed by atoms with van der Waals surface area (Å²) in [7, 11) is 1.65. The third-order valence-electron chi connectivity index (χ3n) is 7.28. The molecule has 0 saturated carbocycles. The molecular formula is C32H35N5O3S. The Kier molecular flexibility index (Phi) is 9.04. The van der Waals surface area contributed by atoms with Crippen molar-refractivity contribution in [1.29, 1.82) is 0 Å². The van der Waals surface area contributed by atoms with Gasteiger partial charge in [-0.1, -0.05) is 59.8 Å². The zero-order valence-corrected chi connectivity index (χ0v) is 24.5. The van der Waals surface area contributed by atoms with E-state index in [4.69, 9.17) is 4.74 Å². The number of rotatable bonds is 9. The van der Waals surface area contributed by atoms with E-state index >= 15 is 0 Å². The van der Waals surface area contributed by atoms with Crippen molar-refractivity contribution >= 4 is 23.6 Å². The molecule has 1 saturated heterocycles. The van der Waals surface area contributed by atoms with Crippen LogP contribution in [0, 0.1) is 6.92 Å². The minimum atomic E-state index is -0.0297. The maximum absolute atomic E-state index is 13.0. The molecule has 1 unspecified atom stereocenters. The standard InChI is InChI=1S/C32H35N5O3S/c1-23-14-16-27(17-15-23)37-30(26-11-7-12-28(21-26)40-3)33-34-32(37)41-20-8-13-29(38)35-18-19-36(24(2)22-35)31(39)25-9-5-4-6-10-25/h4-7,9-12,14-17,21,24H,8,13,18-20,22H2,1-3H3. The van der Waals surface area contributed by atoms with Crippen LogP contribution >= 0.6 is 11.8 Å². The predicted octanol–water partition coefficient (Wildman–Crippen LogP) is 5.50. The number of aromatic nitrogens is 3. The molecule has 0 N–H and O–H groups in total. The van der Waals surface area contributed by atoms with Crippen LogP contribution in [0.3, 0.4) is 0 Å². The normalized spacial score (nSPS) is 15.1. The third-order valence-corrected chi connectivity index (χ3v) is 8.30. The Bertz CT molecular complexity index is 1490. The molecular weight excluding hydrogens is 534 g/mol. The Labute approximate surface area is 245 Å². The number of carbonyl (C=O) groups is 2. The second kappa shape index (κ2) is 13.0. The molecule has 2 amide bonds. The zero-order valence-electron chi connectivity index (χ0n) is 23.7. The van der Waals surface area contributed by atoms with Crippen molar-refractivity contribution in [2.75, 3.05) is 32.5 Å². The van der Waals surface area contributed by atoms with Crippen LogP contribution in [0.15, 0.2) is 84.0 Å². The zero-order chi connectivity index (χ0) is 28.8. The maximum Gasteiger partial charge on any atom is 0.254 e. The van der Waals surface area contributed by atoms with Gasteiger partial charge in [0.2, 0.25) is 5.91 Å². The lowest BCUT2D eigenvalue weighted by molar-refractivity contribution is -0.133. The highest BCUT2D eigenvalue weighted by molar-refractivity contribution is 7.99. The first kappa shape index (κ1) is 28.4. The number of ether oxygens (including phenoxy) is 1. The number of hydrogen-bond acceptors (Lipinski definition) is 6. The molecule has 41 heavy (non-hydrogen) atoms. The smallest absolute Gasteiger partial charge is 0.254 e. The molecule has 3 aromatic carbocycles. The number of thioether (sulfide) groups is 1. The summed E-state index contributed by atoms with van der Waals surface area (Å²) in [5, 5.41) is 9.82. The summed E-state index contributed by atoms with van der Waals surface area (Å²) in [6.07, 6.45) is 1.17. The van der Waals surface area contributed by atoms with Crippen LogP contribution in [0.1, 0.15) is 35.7 Å². The van der Waals surface area contributed by atoms with Gasteiger partial charge in [0.05, 0.1) is 7.11 Å². The van der Waals surface area contributed by atoms with E-state index < -0.39 is 0 Å². The Balaban J connectivity index is 1.20. The van der Waals surface area contributed by atoms with Gasteiger partial charge in [-0.2, -0.15) is 0 Å². The fraction of sp³-hybridized carbons (Fsp3) is 0.312. The van der Waals surface area contributed by atoms with E-state index in [1.165, 1.54) is 5.56 Å². The predicted molar refractivity (Wildman–Crippen MR) is 162 cm³/mol. The highest BCUT2D eigenvalue weighted by Gasteiger charge is 2.30. The van der Waals surface area contributed by atoms with E-state index in [0.717, 1.165) is 40.2 Å². The second-order valence-electron chi connectivity index (χ2n) is 10.2. The summed E-state index contributed by atoms with van der Waals surface area (Å²) >= 11 is 1.60. The summed E-state index contributed by atoms with van der Waals surface area (Å²) in [5.41, 5.74) is 3.76. The van der Waals surface area contributed by atoms with Crippen molar-refractivity contribution in [1.82, 2.24) is 24.6 Å². The molecule has 9 heteroatoms. The average Bonchev–Trinajstić information content (AvgIpc) is 3.43. The van der Waals surface area contributed by atoms with E-state index in [0.29, 0.717) is 31.6 Å². The number of methoxy groups -OCH3 is 1. The number of hydrogen-bond donors (Lipinski definition) is 0. The molecule has 1 aromatic heterocycles. The van der Waals surface area contributed by atoms with Crippen LogP contribution in [0.5, 0.6) is 5.75 Å². The molecule has 0 spiro atoms. The van der Waals surface area contributed by atoms with Crippen molar-refractivity contribution in [3.8, 4) is 22.8 Å². The number of piperazine rings is 1. The monoisotopic (exact) mass is 569 g/mol. The summed E-state index contributed by atoms with van der Waals surface area (Å²) in [4.78, 5) is 29.7. The molecule has 4 aromatic rings. The lowest BCUT2D eigenvalue weighted by atomic mass is 10.1. The molecule has 1 atom stereocenters. The van der Waals surface area contributed by atoms with Crippen molar-refractivity contribution < 1.29 is 14.3 Å². The molecule has 212 valence electrons. The van der Waals surface area contributed by atoms with E-state index in [2.05, 4.69) is 46.0 Å². The van der Waals surface area contributed by atoms with Gasteiger partial charge < -0.3 is 14.5 Å². The van der Waals surface area contributed by atoms with Crippen molar-refractivity contribution in [2.24, 2.45) is 0 Å². The molecule has 8 nitrogen and oxygen atoms in total. The molecule has 0 radical (unpaired) electrons. The van der Waals surface area contributed by atoms with Crippen LogP contribution in [-0.4, -0.2) is 74.9 Å². The number of carbonyl (C=O) groups excluding carboxylic acids is 2. The van der Waals surface area contributed by atoms with Gasteiger partial charge >= 0.3 is 0 Å². The van der Waals surface area contributed by atoms with Gasteiger partial charge in [-0.25, -0.2) is 0 Å². The lowest BCUT2D eigenvalue weighted by Gasteiger charge is -2.40. The van der Waals surface area contributed by atoms with Gasteiger partial charge in [-0.15, -0.1) is 10.2 Å². The van der Waals surface area contributed by atoms with E-state index in [1.807, 2.05) is 71.3 Å². The number of nitrogens with zero attached hydrogens (tertiary/aromatic N) is 5. The SMILES string of the molecule is COc1cccc(-c2nnc(SCCCC(=O)N3CCN(C(=O)c4ccccc4)C(C)C3)n2-c2ccc(C)cc2)c1. The first-order valence-corrected chi connectivity index (χ1v) is 14.9. The number of aryl methyl sites for hydroxylation is 1. The number of amides is 2. The summed E-state index contributed by atoms with van der Waals surface area (Å²) in [6.45, 7) is 5.72.